The molecule has 12 heavy (non-hydrogen) atoms. The first kappa shape index (κ1) is 8.68. The highest BCUT2D eigenvalue weighted by atomic mass is 32.1. The predicted molar refractivity (Wildman–Crippen MR) is 45.1 cm³/mol. The smallest absolute Gasteiger partial charge is 0.412 e. The molecular formula is C7H7N2O2S+. The van der Waals surface area contributed by atoms with Gasteiger partial charge in [0.15, 0.2) is 10.5 Å². The summed E-state index contributed by atoms with van der Waals surface area (Å²) >= 11 is 1.34. The Balaban J connectivity index is 3.18. The number of carbonyl (C=O) groups excluding carboxylic acids is 1. The minimum Gasteiger partial charge on any atom is -0.465 e. The highest BCUT2D eigenvalue weighted by Crippen LogP contribution is 2.30. The SMILES string of the molecule is COC(=O)c1csc(C)c1[N+]#N. The third-order valence-corrected chi connectivity index (χ3v) is 2.35. The van der Waals surface area contributed by atoms with E-state index < -0.39 is 5.97 Å². The molecule has 0 aliphatic heterocycles. The summed E-state index contributed by atoms with van der Waals surface area (Å²) in [4.78, 5) is 14.8. The van der Waals surface area contributed by atoms with Crippen LogP contribution in [-0.4, -0.2) is 13.1 Å². The van der Waals surface area contributed by atoms with Crippen molar-refractivity contribution in [3.8, 4) is 0 Å². The van der Waals surface area contributed by atoms with E-state index in [2.05, 4.69) is 9.71 Å². The van der Waals surface area contributed by atoms with Crippen LogP contribution in [0.15, 0.2) is 5.38 Å². The van der Waals surface area contributed by atoms with E-state index >= 15 is 0 Å². The van der Waals surface area contributed by atoms with E-state index in [1.54, 1.807) is 12.3 Å². The Morgan fingerprint density at radius 2 is 2.42 bits per heavy atom. The van der Waals surface area contributed by atoms with Crippen LogP contribution in [0.2, 0.25) is 0 Å². The number of rotatable bonds is 1. The second-order valence-corrected chi connectivity index (χ2v) is 3.23. The highest BCUT2D eigenvalue weighted by molar-refractivity contribution is 7.10. The average molecular weight is 183 g/mol. The minimum atomic E-state index is -0.479. The molecule has 4 nitrogen and oxygen atoms in total. The maximum Gasteiger partial charge on any atom is 0.412 e. The van der Waals surface area contributed by atoms with Gasteiger partial charge >= 0.3 is 11.7 Å². The van der Waals surface area contributed by atoms with E-state index in [0.29, 0.717) is 11.3 Å². The van der Waals surface area contributed by atoms with Gasteiger partial charge in [0, 0.05) is 5.38 Å². The number of nitrogens with zero attached hydrogens (tertiary/aromatic N) is 2. The molecule has 1 heterocycles. The van der Waals surface area contributed by atoms with Crippen molar-refractivity contribution in [2.75, 3.05) is 7.11 Å². The molecule has 0 aromatic carbocycles. The van der Waals surface area contributed by atoms with E-state index in [1.807, 2.05) is 0 Å². The number of thiophene rings is 1. The number of diazo groups is 1. The summed E-state index contributed by atoms with van der Waals surface area (Å²) in [5.41, 5.74) is 0.606. The molecule has 5 heteroatoms. The van der Waals surface area contributed by atoms with Gasteiger partial charge in [-0.2, -0.15) is 0 Å². The van der Waals surface area contributed by atoms with E-state index in [4.69, 9.17) is 5.39 Å². The Morgan fingerprint density at radius 3 is 2.92 bits per heavy atom. The summed E-state index contributed by atoms with van der Waals surface area (Å²) < 4.78 is 4.49. The first-order chi connectivity index (χ1) is 5.70. The number of esters is 1. The van der Waals surface area contributed by atoms with Crippen molar-refractivity contribution < 1.29 is 9.53 Å². The summed E-state index contributed by atoms with van der Waals surface area (Å²) in [5, 5.41) is 10.2. The Labute approximate surface area is 73.4 Å². The van der Waals surface area contributed by atoms with Crippen molar-refractivity contribution in [1.29, 1.82) is 5.39 Å². The van der Waals surface area contributed by atoms with Gasteiger partial charge < -0.3 is 4.74 Å². The molecule has 0 N–H and O–H groups in total. The van der Waals surface area contributed by atoms with Crippen molar-refractivity contribution >= 4 is 23.0 Å². The maximum absolute atomic E-state index is 11.0. The summed E-state index contributed by atoms with van der Waals surface area (Å²) in [6.45, 7) is 1.77. The Hall–Kier alpha value is -1.41. The quantitative estimate of drug-likeness (QED) is 0.496. The largest absolute Gasteiger partial charge is 0.465 e. The van der Waals surface area contributed by atoms with E-state index in [-0.39, 0.29) is 0 Å². The molecule has 1 aromatic rings. The first-order valence-corrected chi connectivity index (χ1v) is 4.10. The molecule has 62 valence electrons. The summed E-state index contributed by atoms with van der Waals surface area (Å²) in [6, 6.07) is 0. The van der Waals surface area contributed by atoms with Crippen LogP contribution >= 0.6 is 11.3 Å². The monoisotopic (exact) mass is 183 g/mol. The molecule has 0 aliphatic carbocycles. The van der Waals surface area contributed by atoms with Gasteiger partial charge in [-0.05, 0) is 6.92 Å². The molecule has 0 unspecified atom stereocenters. The van der Waals surface area contributed by atoms with Crippen LogP contribution in [0.5, 0.6) is 0 Å². The lowest BCUT2D eigenvalue weighted by atomic mass is 10.2. The molecule has 0 aliphatic rings. The topological polar surface area (TPSA) is 54.5 Å². The molecule has 1 rings (SSSR count). The lowest BCUT2D eigenvalue weighted by Crippen LogP contribution is -1.98. The molecular weight excluding hydrogens is 176 g/mol. The molecule has 0 spiro atoms. The Kier molecular flexibility index (Phi) is 2.41. The number of hydrogen-bond acceptors (Lipinski definition) is 4. The van der Waals surface area contributed by atoms with Crippen molar-refractivity contribution in [3.63, 3.8) is 0 Å². The van der Waals surface area contributed by atoms with Gasteiger partial charge in [-0.3, -0.25) is 0 Å². The van der Waals surface area contributed by atoms with Crippen LogP contribution in [-0.2, 0) is 4.74 Å². The standard InChI is InChI=1S/C7H7N2O2S/c1-4-6(9-8)5(3-12-4)7(10)11-2/h3H,1-2H3/q+1. The number of ether oxygens (including phenoxy) is 1. The summed E-state index contributed by atoms with van der Waals surface area (Å²) in [5.74, 6) is -0.479. The van der Waals surface area contributed by atoms with E-state index in [0.717, 1.165) is 4.88 Å². The summed E-state index contributed by atoms with van der Waals surface area (Å²) in [6.07, 6.45) is 0. The molecule has 0 saturated carbocycles. The van der Waals surface area contributed by atoms with Crippen LogP contribution in [0.25, 0.3) is 4.98 Å². The second-order valence-electron chi connectivity index (χ2n) is 2.15. The number of hydrogen-bond donors (Lipinski definition) is 0. The van der Waals surface area contributed by atoms with Gasteiger partial charge in [0.2, 0.25) is 5.39 Å². The lowest BCUT2D eigenvalue weighted by molar-refractivity contribution is 0.0602. The van der Waals surface area contributed by atoms with Crippen LogP contribution in [0, 0.1) is 12.3 Å². The molecule has 0 saturated heterocycles. The number of aryl methyl sites for hydroxylation is 1. The van der Waals surface area contributed by atoms with Gasteiger partial charge in [0.1, 0.15) is 0 Å². The maximum atomic E-state index is 11.0. The third kappa shape index (κ3) is 1.29. The van der Waals surface area contributed by atoms with E-state index in [9.17, 15) is 4.79 Å². The van der Waals surface area contributed by atoms with Crippen molar-refractivity contribution in [3.05, 3.63) is 20.8 Å². The van der Waals surface area contributed by atoms with Crippen molar-refractivity contribution in [2.24, 2.45) is 0 Å². The highest BCUT2D eigenvalue weighted by Gasteiger charge is 2.25. The van der Waals surface area contributed by atoms with Gasteiger partial charge in [0.25, 0.3) is 0 Å². The van der Waals surface area contributed by atoms with E-state index in [1.165, 1.54) is 18.4 Å². The molecule has 0 atom stereocenters. The lowest BCUT2D eigenvalue weighted by Gasteiger charge is -1.89. The average Bonchev–Trinajstić information content (AvgIpc) is 2.45. The zero-order valence-corrected chi connectivity index (χ0v) is 7.51. The van der Waals surface area contributed by atoms with Gasteiger partial charge in [-0.25, -0.2) is 4.79 Å². The second kappa shape index (κ2) is 3.32. The van der Waals surface area contributed by atoms with Crippen LogP contribution in [0.1, 0.15) is 15.2 Å². The molecule has 1 aromatic heterocycles. The molecule has 0 radical (unpaired) electrons. The zero-order chi connectivity index (χ0) is 9.14. The van der Waals surface area contributed by atoms with Crippen LogP contribution < -0.4 is 0 Å². The summed E-state index contributed by atoms with van der Waals surface area (Å²) in [7, 11) is 1.29. The van der Waals surface area contributed by atoms with Crippen LogP contribution in [0.3, 0.4) is 0 Å². The molecule has 0 fully saturated rings. The van der Waals surface area contributed by atoms with Crippen molar-refractivity contribution in [2.45, 2.75) is 6.92 Å². The minimum absolute atomic E-state index is 0.298. The first-order valence-electron chi connectivity index (χ1n) is 3.22. The fourth-order valence-electron chi connectivity index (χ4n) is 0.828. The zero-order valence-electron chi connectivity index (χ0n) is 6.70. The van der Waals surface area contributed by atoms with Crippen molar-refractivity contribution in [1.82, 2.24) is 0 Å². The fraction of sp³-hybridized carbons (Fsp3) is 0.286. The normalized spacial score (nSPS) is 9.08. The molecule has 0 amide bonds. The fourth-order valence-corrected chi connectivity index (χ4v) is 1.59. The Bertz CT molecular complexity index is 351. The van der Waals surface area contributed by atoms with Gasteiger partial charge in [-0.15, -0.1) is 11.3 Å². The molecule has 0 bridgehead atoms. The van der Waals surface area contributed by atoms with Gasteiger partial charge in [0.05, 0.1) is 12.0 Å². The predicted octanol–water partition coefficient (Wildman–Crippen LogP) is 2.33. The number of carbonyl (C=O) groups is 1. The third-order valence-electron chi connectivity index (χ3n) is 1.45. The Morgan fingerprint density at radius 1 is 1.75 bits per heavy atom. The number of methoxy groups -OCH3 is 1. The van der Waals surface area contributed by atoms with Gasteiger partial charge in [-0.1, -0.05) is 0 Å². The van der Waals surface area contributed by atoms with Crippen LogP contribution in [0.4, 0.5) is 5.69 Å².